The maximum Gasteiger partial charge on any atom is 0.306 e. The Morgan fingerprint density at radius 2 is 1.95 bits per heavy atom. The molecule has 1 aliphatic heterocycles. The molecule has 1 saturated carbocycles. The Hall–Kier alpha value is -1.65. The molecule has 0 amide bonds. The predicted octanol–water partition coefficient (Wildman–Crippen LogP) is 2.05. The molecule has 0 atom stereocenters. The van der Waals surface area contributed by atoms with E-state index in [1.54, 1.807) is 6.33 Å². The SMILES string of the molecule is O=C(O)C1CCN(c2cc(C3CCC3)ncn2)CC1. The van der Waals surface area contributed by atoms with Crippen molar-refractivity contribution >= 4 is 11.8 Å². The molecule has 2 aliphatic rings. The molecular weight excluding hydrogens is 242 g/mol. The molecule has 1 aromatic heterocycles. The highest BCUT2D eigenvalue weighted by molar-refractivity contribution is 5.70. The Balaban J connectivity index is 1.67. The Morgan fingerprint density at radius 3 is 2.53 bits per heavy atom. The van der Waals surface area contributed by atoms with Gasteiger partial charge in [-0.25, -0.2) is 9.97 Å². The van der Waals surface area contributed by atoms with Gasteiger partial charge in [-0.3, -0.25) is 4.79 Å². The van der Waals surface area contributed by atoms with Crippen LogP contribution in [0.15, 0.2) is 12.4 Å². The minimum Gasteiger partial charge on any atom is -0.481 e. The second kappa shape index (κ2) is 5.15. The summed E-state index contributed by atoms with van der Waals surface area (Å²) in [6.45, 7) is 1.55. The van der Waals surface area contributed by atoms with E-state index in [0.29, 0.717) is 18.8 Å². The molecule has 1 N–H and O–H groups in total. The van der Waals surface area contributed by atoms with Gasteiger partial charge in [-0.2, -0.15) is 0 Å². The first-order chi connectivity index (χ1) is 9.24. The third kappa shape index (κ3) is 2.55. The van der Waals surface area contributed by atoms with E-state index < -0.39 is 5.97 Å². The Morgan fingerprint density at radius 1 is 1.21 bits per heavy atom. The van der Waals surface area contributed by atoms with Crippen LogP contribution in [-0.4, -0.2) is 34.1 Å². The number of anilines is 1. The van der Waals surface area contributed by atoms with Gasteiger partial charge >= 0.3 is 5.97 Å². The van der Waals surface area contributed by atoms with Gasteiger partial charge in [0, 0.05) is 30.8 Å². The largest absolute Gasteiger partial charge is 0.481 e. The monoisotopic (exact) mass is 261 g/mol. The van der Waals surface area contributed by atoms with Gasteiger partial charge < -0.3 is 10.0 Å². The molecule has 2 fully saturated rings. The number of aliphatic carboxylic acids is 1. The van der Waals surface area contributed by atoms with Crippen molar-refractivity contribution < 1.29 is 9.90 Å². The van der Waals surface area contributed by atoms with Crippen LogP contribution in [0.1, 0.15) is 43.7 Å². The van der Waals surface area contributed by atoms with Crippen LogP contribution in [0.4, 0.5) is 5.82 Å². The van der Waals surface area contributed by atoms with E-state index in [9.17, 15) is 4.79 Å². The number of nitrogens with zero attached hydrogens (tertiary/aromatic N) is 3. The molecule has 1 aliphatic carbocycles. The number of carboxylic acids is 1. The van der Waals surface area contributed by atoms with E-state index in [2.05, 4.69) is 20.9 Å². The zero-order valence-electron chi connectivity index (χ0n) is 11.0. The summed E-state index contributed by atoms with van der Waals surface area (Å²) >= 11 is 0. The highest BCUT2D eigenvalue weighted by Crippen LogP contribution is 2.36. The maximum absolute atomic E-state index is 10.9. The number of piperidine rings is 1. The van der Waals surface area contributed by atoms with Crippen molar-refractivity contribution in [2.45, 2.75) is 38.0 Å². The summed E-state index contributed by atoms with van der Waals surface area (Å²) in [6.07, 6.45) is 6.82. The quantitative estimate of drug-likeness (QED) is 0.902. The lowest BCUT2D eigenvalue weighted by atomic mass is 9.83. The molecule has 19 heavy (non-hydrogen) atoms. The zero-order chi connectivity index (χ0) is 13.2. The number of hydrogen-bond donors (Lipinski definition) is 1. The first kappa shape index (κ1) is 12.4. The van der Waals surface area contributed by atoms with E-state index in [4.69, 9.17) is 5.11 Å². The zero-order valence-corrected chi connectivity index (χ0v) is 11.0. The first-order valence-corrected chi connectivity index (χ1v) is 7.04. The van der Waals surface area contributed by atoms with Gasteiger partial charge in [0.15, 0.2) is 0 Å². The van der Waals surface area contributed by atoms with Crippen molar-refractivity contribution in [1.82, 2.24) is 9.97 Å². The summed E-state index contributed by atoms with van der Waals surface area (Å²) < 4.78 is 0. The van der Waals surface area contributed by atoms with Crippen molar-refractivity contribution in [3.8, 4) is 0 Å². The minimum absolute atomic E-state index is 0.191. The molecule has 0 radical (unpaired) electrons. The Kier molecular flexibility index (Phi) is 3.36. The lowest BCUT2D eigenvalue weighted by Gasteiger charge is -2.32. The minimum atomic E-state index is -0.669. The van der Waals surface area contributed by atoms with Crippen molar-refractivity contribution in [3.05, 3.63) is 18.1 Å². The maximum atomic E-state index is 10.9. The molecule has 0 spiro atoms. The number of hydrogen-bond acceptors (Lipinski definition) is 4. The second-order valence-corrected chi connectivity index (χ2v) is 5.53. The third-order valence-electron chi connectivity index (χ3n) is 4.37. The molecule has 5 nitrogen and oxygen atoms in total. The molecule has 3 rings (SSSR count). The molecule has 5 heteroatoms. The van der Waals surface area contributed by atoms with Gasteiger partial charge in [-0.05, 0) is 25.7 Å². The molecular formula is C14H19N3O2. The Bertz CT molecular complexity index is 466. The van der Waals surface area contributed by atoms with Crippen LogP contribution in [-0.2, 0) is 4.79 Å². The first-order valence-electron chi connectivity index (χ1n) is 7.04. The summed E-state index contributed by atoms with van der Waals surface area (Å²) in [6, 6.07) is 2.09. The fourth-order valence-corrected chi connectivity index (χ4v) is 2.82. The van der Waals surface area contributed by atoms with Crippen LogP contribution in [0.5, 0.6) is 0 Å². The lowest BCUT2D eigenvalue weighted by molar-refractivity contribution is -0.142. The Labute approximate surface area is 112 Å². The van der Waals surface area contributed by atoms with Crippen molar-refractivity contribution in [3.63, 3.8) is 0 Å². The molecule has 1 saturated heterocycles. The summed E-state index contributed by atoms with van der Waals surface area (Å²) in [5, 5.41) is 9.01. The third-order valence-corrected chi connectivity index (χ3v) is 4.37. The molecule has 2 heterocycles. The number of rotatable bonds is 3. The summed E-state index contributed by atoms with van der Waals surface area (Å²) in [5.41, 5.74) is 1.15. The molecule has 0 unspecified atom stereocenters. The highest BCUT2D eigenvalue weighted by atomic mass is 16.4. The van der Waals surface area contributed by atoms with Crippen LogP contribution in [0.3, 0.4) is 0 Å². The van der Waals surface area contributed by atoms with Crippen molar-refractivity contribution in [2.75, 3.05) is 18.0 Å². The van der Waals surface area contributed by atoms with Crippen LogP contribution >= 0.6 is 0 Å². The molecule has 0 bridgehead atoms. The number of carbonyl (C=O) groups is 1. The van der Waals surface area contributed by atoms with E-state index in [-0.39, 0.29) is 5.92 Å². The van der Waals surface area contributed by atoms with Gasteiger partial charge in [0.05, 0.1) is 5.92 Å². The van der Waals surface area contributed by atoms with Crippen LogP contribution < -0.4 is 4.90 Å². The smallest absolute Gasteiger partial charge is 0.306 e. The van der Waals surface area contributed by atoms with Crippen molar-refractivity contribution in [1.29, 1.82) is 0 Å². The second-order valence-electron chi connectivity index (χ2n) is 5.53. The van der Waals surface area contributed by atoms with Gasteiger partial charge in [-0.15, -0.1) is 0 Å². The standard InChI is InChI=1S/C14H19N3O2/c18-14(19)11-4-6-17(7-5-11)13-8-12(15-9-16-13)10-2-1-3-10/h8-11H,1-7H2,(H,18,19). The average Bonchev–Trinajstić information content (AvgIpc) is 2.37. The van der Waals surface area contributed by atoms with Crippen LogP contribution in [0, 0.1) is 5.92 Å². The van der Waals surface area contributed by atoms with E-state index in [0.717, 1.165) is 24.6 Å². The normalized spacial score (nSPS) is 21.2. The van der Waals surface area contributed by atoms with Crippen LogP contribution in [0.2, 0.25) is 0 Å². The summed E-state index contributed by atoms with van der Waals surface area (Å²) in [4.78, 5) is 21.8. The molecule has 102 valence electrons. The van der Waals surface area contributed by atoms with Crippen molar-refractivity contribution in [2.24, 2.45) is 5.92 Å². The molecule has 0 aromatic carbocycles. The average molecular weight is 261 g/mol. The van der Waals surface area contributed by atoms with E-state index in [1.807, 2.05) is 0 Å². The highest BCUT2D eigenvalue weighted by Gasteiger charge is 2.26. The van der Waals surface area contributed by atoms with Gasteiger partial charge in [0.25, 0.3) is 0 Å². The van der Waals surface area contributed by atoms with Gasteiger partial charge in [0.1, 0.15) is 12.1 Å². The van der Waals surface area contributed by atoms with Crippen LogP contribution in [0.25, 0.3) is 0 Å². The predicted molar refractivity (Wildman–Crippen MR) is 71.2 cm³/mol. The lowest BCUT2D eigenvalue weighted by Crippen LogP contribution is -2.36. The fraction of sp³-hybridized carbons (Fsp3) is 0.643. The topological polar surface area (TPSA) is 66.3 Å². The summed E-state index contributed by atoms with van der Waals surface area (Å²) in [5.74, 6) is 0.709. The van der Waals surface area contributed by atoms with E-state index in [1.165, 1.54) is 19.3 Å². The van der Waals surface area contributed by atoms with Gasteiger partial charge in [0.2, 0.25) is 0 Å². The number of carboxylic acid groups (broad SMARTS) is 1. The summed E-state index contributed by atoms with van der Waals surface area (Å²) in [7, 11) is 0. The fourth-order valence-electron chi connectivity index (χ4n) is 2.82. The van der Waals surface area contributed by atoms with Gasteiger partial charge in [-0.1, -0.05) is 6.42 Å². The molecule has 1 aromatic rings. The van der Waals surface area contributed by atoms with E-state index >= 15 is 0 Å². The number of aromatic nitrogens is 2.